The van der Waals surface area contributed by atoms with Gasteiger partial charge in [0.1, 0.15) is 18.4 Å². The van der Waals surface area contributed by atoms with Gasteiger partial charge in [-0.05, 0) is 54.6 Å². The van der Waals surface area contributed by atoms with Crippen LogP contribution in [0.15, 0.2) is 90.3 Å². The van der Waals surface area contributed by atoms with Gasteiger partial charge in [0.25, 0.3) is 21.8 Å². The molecule has 0 aliphatic rings. The summed E-state index contributed by atoms with van der Waals surface area (Å²) in [5.74, 6) is -0.890. The fourth-order valence-electron chi connectivity index (χ4n) is 3.10. The molecule has 0 saturated carbocycles. The van der Waals surface area contributed by atoms with Crippen molar-refractivity contribution in [3.05, 3.63) is 96.6 Å². The highest BCUT2D eigenvalue weighted by molar-refractivity contribution is 7.92. The van der Waals surface area contributed by atoms with E-state index in [1.807, 2.05) is 0 Å². The van der Waals surface area contributed by atoms with E-state index in [-0.39, 0.29) is 16.1 Å². The van der Waals surface area contributed by atoms with E-state index in [4.69, 9.17) is 4.74 Å². The van der Waals surface area contributed by atoms with E-state index in [2.05, 4.69) is 25.7 Å². The molecule has 0 atom stereocenters. The molecule has 0 unspecified atom stereocenters. The monoisotopic (exact) mass is 492 g/mol. The van der Waals surface area contributed by atoms with E-state index in [1.54, 1.807) is 48.5 Å². The number of nitrogens with one attached hydrogen (secondary N) is 3. The van der Waals surface area contributed by atoms with Crippen molar-refractivity contribution in [2.75, 3.05) is 11.8 Å². The van der Waals surface area contributed by atoms with E-state index in [1.165, 1.54) is 48.7 Å². The third kappa shape index (κ3) is 5.45. The van der Waals surface area contributed by atoms with Gasteiger partial charge in [0, 0.05) is 11.1 Å². The Morgan fingerprint density at radius 3 is 2.29 bits per heavy atom. The number of carbonyl (C=O) groups is 2. The molecule has 3 N–H and O–H groups in total. The Bertz CT molecular complexity index is 1450. The van der Waals surface area contributed by atoms with Crippen LogP contribution in [0.25, 0.3) is 5.69 Å². The Morgan fingerprint density at radius 2 is 1.60 bits per heavy atom. The summed E-state index contributed by atoms with van der Waals surface area (Å²) in [7, 11) is -2.58. The molecule has 0 radical (unpaired) electrons. The highest BCUT2D eigenvalue weighted by Gasteiger charge is 2.18. The van der Waals surface area contributed by atoms with Gasteiger partial charge in [-0.15, -0.1) is 0 Å². The van der Waals surface area contributed by atoms with Crippen LogP contribution in [0.3, 0.4) is 0 Å². The normalized spacial score (nSPS) is 10.9. The predicted molar refractivity (Wildman–Crippen MR) is 127 cm³/mol. The van der Waals surface area contributed by atoms with Crippen LogP contribution in [0.4, 0.5) is 5.69 Å². The van der Waals surface area contributed by atoms with E-state index in [0.717, 1.165) is 0 Å². The molecule has 0 aliphatic heterocycles. The third-order valence-electron chi connectivity index (χ3n) is 4.86. The summed E-state index contributed by atoms with van der Waals surface area (Å²) in [6, 6.07) is 18.4. The van der Waals surface area contributed by atoms with Crippen molar-refractivity contribution in [2.45, 2.75) is 4.90 Å². The molecule has 0 fully saturated rings. The number of anilines is 1. The van der Waals surface area contributed by atoms with Gasteiger partial charge in [-0.1, -0.05) is 18.2 Å². The minimum atomic E-state index is -4.01. The van der Waals surface area contributed by atoms with Crippen molar-refractivity contribution in [2.24, 2.45) is 0 Å². The molecule has 4 rings (SSSR count). The summed E-state index contributed by atoms with van der Waals surface area (Å²) in [5, 5.41) is 4.00. The van der Waals surface area contributed by atoms with Crippen molar-refractivity contribution < 1.29 is 22.7 Å². The summed E-state index contributed by atoms with van der Waals surface area (Å²) in [6.07, 6.45) is 2.92. The van der Waals surface area contributed by atoms with Crippen LogP contribution in [-0.2, 0) is 10.0 Å². The smallest absolute Gasteiger partial charge is 0.269 e. The lowest BCUT2D eigenvalue weighted by molar-refractivity contribution is 0.0846. The number of nitrogens with zero attached hydrogens (tertiary/aromatic N) is 3. The lowest BCUT2D eigenvalue weighted by atomic mass is 10.2. The molecule has 178 valence electrons. The second kappa shape index (κ2) is 10.1. The first kappa shape index (κ1) is 23.4. The van der Waals surface area contributed by atoms with Crippen LogP contribution in [0.2, 0.25) is 0 Å². The van der Waals surface area contributed by atoms with Gasteiger partial charge in [0.15, 0.2) is 0 Å². The standard InChI is InChI=1S/C23H20N6O5S/c1-34-21-8-3-2-7-20(21)28-35(32,33)19-6-4-5-17(13-19)23(31)27-26-22(30)16-9-11-18(12-10-16)29-15-24-14-25-29/h2-15,28H,1H3,(H,26,30)(H,27,31). The molecule has 12 heteroatoms. The molecule has 11 nitrogen and oxygen atoms in total. The maximum Gasteiger partial charge on any atom is 0.269 e. The van der Waals surface area contributed by atoms with Crippen molar-refractivity contribution in [3.63, 3.8) is 0 Å². The number of hydrazine groups is 1. The van der Waals surface area contributed by atoms with Gasteiger partial charge in [-0.3, -0.25) is 25.2 Å². The molecule has 0 aliphatic carbocycles. The summed E-state index contributed by atoms with van der Waals surface area (Å²) in [4.78, 5) is 28.7. The van der Waals surface area contributed by atoms with E-state index in [9.17, 15) is 18.0 Å². The fraction of sp³-hybridized carbons (Fsp3) is 0.0435. The van der Waals surface area contributed by atoms with Crippen molar-refractivity contribution in [1.82, 2.24) is 25.6 Å². The zero-order valence-electron chi connectivity index (χ0n) is 18.4. The maximum absolute atomic E-state index is 12.8. The Morgan fingerprint density at radius 1 is 0.886 bits per heavy atom. The first-order chi connectivity index (χ1) is 16.9. The number of aromatic nitrogens is 3. The number of hydrogen-bond acceptors (Lipinski definition) is 7. The average Bonchev–Trinajstić information content (AvgIpc) is 3.42. The van der Waals surface area contributed by atoms with Gasteiger partial charge < -0.3 is 4.74 Å². The Labute approximate surface area is 200 Å². The lowest BCUT2D eigenvalue weighted by Gasteiger charge is -2.12. The maximum atomic E-state index is 12.8. The summed E-state index contributed by atoms with van der Waals surface area (Å²) < 4.78 is 34.8. The van der Waals surface area contributed by atoms with Gasteiger partial charge in [-0.2, -0.15) is 5.10 Å². The SMILES string of the molecule is COc1ccccc1NS(=O)(=O)c1cccc(C(=O)NNC(=O)c2ccc(-n3cncn3)cc2)c1. The summed E-state index contributed by atoms with van der Waals surface area (Å²) in [6.45, 7) is 0. The van der Waals surface area contributed by atoms with Crippen LogP contribution in [0, 0.1) is 0 Å². The molecule has 4 aromatic rings. The minimum Gasteiger partial charge on any atom is -0.495 e. The largest absolute Gasteiger partial charge is 0.495 e. The highest BCUT2D eigenvalue weighted by Crippen LogP contribution is 2.26. The molecule has 2 amide bonds. The van der Waals surface area contributed by atoms with E-state index >= 15 is 0 Å². The Balaban J connectivity index is 1.42. The quantitative estimate of drug-likeness (QED) is 0.335. The van der Waals surface area contributed by atoms with Crippen LogP contribution >= 0.6 is 0 Å². The number of methoxy groups -OCH3 is 1. The van der Waals surface area contributed by atoms with Gasteiger partial charge in [0.05, 0.1) is 23.4 Å². The summed E-state index contributed by atoms with van der Waals surface area (Å²) >= 11 is 0. The molecule has 0 bridgehead atoms. The van der Waals surface area contributed by atoms with Crippen LogP contribution in [-0.4, -0.2) is 42.1 Å². The molecule has 3 aromatic carbocycles. The van der Waals surface area contributed by atoms with Gasteiger partial charge >= 0.3 is 0 Å². The van der Waals surface area contributed by atoms with Crippen LogP contribution in [0.1, 0.15) is 20.7 Å². The number of ether oxygens (including phenoxy) is 1. The fourth-order valence-corrected chi connectivity index (χ4v) is 4.22. The first-order valence-corrected chi connectivity index (χ1v) is 11.7. The zero-order chi connectivity index (χ0) is 24.8. The van der Waals surface area contributed by atoms with Crippen LogP contribution < -0.4 is 20.3 Å². The van der Waals surface area contributed by atoms with Crippen LogP contribution in [0.5, 0.6) is 5.75 Å². The average molecular weight is 493 g/mol. The third-order valence-corrected chi connectivity index (χ3v) is 6.22. The minimum absolute atomic E-state index is 0.0368. The van der Waals surface area contributed by atoms with Crippen molar-refractivity contribution in [1.29, 1.82) is 0 Å². The molecule has 1 heterocycles. The Hall–Kier alpha value is -4.71. The topological polar surface area (TPSA) is 144 Å². The number of rotatable bonds is 7. The lowest BCUT2D eigenvalue weighted by Crippen LogP contribution is -2.41. The molecule has 1 aromatic heterocycles. The van der Waals surface area contributed by atoms with E-state index in [0.29, 0.717) is 17.0 Å². The second-order valence-electron chi connectivity index (χ2n) is 7.13. The number of hydrogen-bond donors (Lipinski definition) is 3. The molecular formula is C23H20N6O5S. The number of carbonyl (C=O) groups excluding carboxylic acids is 2. The number of amides is 2. The van der Waals surface area contributed by atoms with Gasteiger partial charge in [0.2, 0.25) is 0 Å². The molecular weight excluding hydrogens is 472 g/mol. The molecule has 0 saturated heterocycles. The molecule has 35 heavy (non-hydrogen) atoms. The predicted octanol–water partition coefficient (Wildman–Crippen LogP) is 2.15. The Kier molecular flexibility index (Phi) is 6.73. The highest BCUT2D eigenvalue weighted by atomic mass is 32.2. The summed E-state index contributed by atoms with van der Waals surface area (Å²) in [5.41, 5.74) is 5.90. The van der Waals surface area contributed by atoms with Crippen molar-refractivity contribution in [3.8, 4) is 11.4 Å². The zero-order valence-corrected chi connectivity index (χ0v) is 19.2. The first-order valence-electron chi connectivity index (χ1n) is 10.2. The second-order valence-corrected chi connectivity index (χ2v) is 8.81. The molecule has 0 spiro atoms. The number of para-hydroxylation sites is 2. The van der Waals surface area contributed by atoms with E-state index < -0.39 is 21.8 Å². The number of sulfonamides is 1. The van der Waals surface area contributed by atoms with Gasteiger partial charge in [-0.25, -0.2) is 18.1 Å². The number of benzene rings is 3. The van der Waals surface area contributed by atoms with Crippen molar-refractivity contribution >= 4 is 27.5 Å².